The Morgan fingerprint density at radius 3 is 2.53 bits per heavy atom. The lowest BCUT2D eigenvalue weighted by Gasteiger charge is -2.37. The lowest BCUT2D eigenvalue weighted by atomic mass is 9.68. The predicted octanol–water partition coefficient (Wildman–Crippen LogP) is 3.98. The van der Waals surface area contributed by atoms with Crippen LogP contribution < -0.4 is 0 Å². The first-order valence-corrected chi connectivity index (χ1v) is 5.98. The fourth-order valence-corrected chi connectivity index (χ4v) is 2.52. The molecule has 0 aliphatic heterocycles. The third kappa shape index (κ3) is 3.48. The number of hydrogen-bond acceptors (Lipinski definition) is 1. The summed E-state index contributed by atoms with van der Waals surface area (Å²) in [6.45, 7) is 12.8. The van der Waals surface area contributed by atoms with Crippen LogP contribution in [0.4, 0.5) is 0 Å². The van der Waals surface area contributed by atoms with Crippen molar-refractivity contribution >= 4 is 5.78 Å². The van der Waals surface area contributed by atoms with Crippen LogP contribution >= 0.6 is 0 Å². The molecular weight excluding hydrogens is 184 g/mol. The van der Waals surface area contributed by atoms with E-state index in [1.807, 2.05) is 6.92 Å². The van der Waals surface area contributed by atoms with E-state index in [0.29, 0.717) is 17.1 Å². The van der Waals surface area contributed by atoms with E-state index in [-0.39, 0.29) is 5.92 Å². The smallest absolute Gasteiger partial charge is 0.136 e. The normalized spacial score (nSPS) is 27.9. The van der Waals surface area contributed by atoms with Crippen LogP contribution in [0.1, 0.15) is 53.4 Å². The van der Waals surface area contributed by atoms with Crippen molar-refractivity contribution in [3.05, 3.63) is 12.2 Å². The minimum atomic E-state index is 0.250. The maximum atomic E-state index is 11.8. The summed E-state index contributed by atoms with van der Waals surface area (Å²) >= 11 is 0. The molecule has 1 aliphatic rings. The lowest BCUT2D eigenvalue weighted by Crippen LogP contribution is -2.32. The maximum Gasteiger partial charge on any atom is 0.136 e. The van der Waals surface area contributed by atoms with E-state index in [2.05, 4.69) is 27.4 Å². The molecule has 0 radical (unpaired) electrons. The second kappa shape index (κ2) is 4.51. The third-order valence-corrected chi connectivity index (χ3v) is 3.58. The Morgan fingerprint density at radius 1 is 1.47 bits per heavy atom. The van der Waals surface area contributed by atoms with Gasteiger partial charge >= 0.3 is 0 Å². The molecule has 2 unspecified atom stereocenters. The molecule has 15 heavy (non-hydrogen) atoms. The minimum Gasteiger partial charge on any atom is -0.299 e. The fraction of sp³-hybridized carbons (Fsp3) is 0.786. The van der Waals surface area contributed by atoms with E-state index in [1.54, 1.807) is 0 Å². The van der Waals surface area contributed by atoms with E-state index in [0.717, 1.165) is 31.3 Å². The molecule has 1 saturated carbocycles. The van der Waals surface area contributed by atoms with Gasteiger partial charge in [-0.3, -0.25) is 4.79 Å². The first-order valence-electron chi connectivity index (χ1n) is 5.98. The molecule has 1 heteroatoms. The van der Waals surface area contributed by atoms with Gasteiger partial charge in [0.15, 0.2) is 0 Å². The highest BCUT2D eigenvalue weighted by atomic mass is 16.1. The zero-order valence-electron chi connectivity index (χ0n) is 10.6. The first kappa shape index (κ1) is 12.5. The summed E-state index contributed by atoms with van der Waals surface area (Å²) in [6, 6.07) is 0. The van der Waals surface area contributed by atoms with Gasteiger partial charge < -0.3 is 0 Å². The molecule has 0 amide bonds. The minimum absolute atomic E-state index is 0.250. The zero-order chi connectivity index (χ0) is 11.6. The van der Waals surface area contributed by atoms with Gasteiger partial charge in [0.25, 0.3) is 0 Å². The Labute approximate surface area is 93.9 Å². The maximum absolute atomic E-state index is 11.8. The summed E-state index contributed by atoms with van der Waals surface area (Å²) in [7, 11) is 0. The van der Waals surface area contributed by atoms with E-state index < -0.39 is 0 Å². The molecule has 0 N–H and O–H groups in total. The second-order valence-electron chi connectivity index (χ2n) is 6.16. The lowest BCUT2D eigenvalue weighted by molar-refractivity contribution is -0.126. The predicted molar refractivity (Wildman–Crippen MR) is 64.7 cm³/mol. The Kier molecular flexibility index (Phi) is 3.75. The molecule has 0 aromatic heterocycles. The Morgan fingerprint density at radius 2 is 2.07 bits per heavy atom. The van der Waals surface area contributed by atoms with Gasteiger partial charge in [0.2, 0.25) is 0 Å². The van der Waals surface area contributed by atoms with Crippen molar-refractivity contribution in [3.8, 4) is 0 Å². The first-order chi connectivity index (χ1) is 6.80. The van der Waals surface area contributed by atoms with Crippen molar-refractivity contribution in [2.75, 3.05) is 0 Å². The van der Waals surface area contributed by atoms with E-state index in [1.165, 1.54) is 0 Å². The van der Waals surface area contributed by atoms with Gasteiger partial charge in [-0.05, 0) is 37.5 Å². The fourth-order valence-electron chi connectivity index (χ4n) is 2.52. The largest absolute Gasteiger partial charge is 0.299 e. The number of rotatable bonds is 2. The Balaban J connectivity index is 2.64. The zero-order valence-corrected chi connectivity index (χ0v) is 10.6. The summed E-state index contributed by atoms with van der Waals surface area (Å²) in [5.74, 6) is 1.40. The van der Waals surface area contributed by atoms with Gasteiger partial charge in [0, 0.05) is 12.3 Å². The van der Waals surface area contributed by atoms with Crippen molar-refractivity contribution < 1.29 is 4.79 Å². The molecule has 0 bridgehead atoms. The molecule has 0 heterocycles. The average Bonchev–Trinajstić information content (AvgIpc) is 2.06. The number of carbonyl (C=O) groups is 1. The van der Waals surface area contributed by atoms with Gasteiger partial charge in [0.05, 0.1) is 0 Å². The molecule has 0 aromatic rings. The molecule has 1 aliphatic carbocycles. The number of Topliss-reactive ketones (excluding diaryl/α,β-unsaturated/α-hetero) is 1. The van der Waals surface area contributed by atoms with Crippen LogP contribution in [0, 0.1) is 17.3 Å². The summed E-state index contributed by atoms with van der Waals surface area (Å²) in [5, 5.41) is 0. The molecule has 1 nitrogen and oxygen atoms in total. The number of ketones is 1. The van der Waals surface area contributed by atoms with Crippen molar-refractivity contribution in [2.24, 2.45) is 17.3 Å². The average molecular weight is 208 g/mol. The third-order valence-electron chi connectivity index (χ3n) is 3.58. The number of hydrogen-bond donors (Lipinski definition) is 0. The van der Waals surface area contributed by atoms with Crippen LogP contribution in [-0.2, 0) is 4.79 Å². The van der Waals surface area contributed by atoms with E-state index in [4.69, 9.17) is 0 Å². The van der Waals surface area contributed by atoms with Crippen LogP contribution in [0.15, 0.2) is 12.2 Å². The topological polar surface area (TPSA) is 17.1 Å². The summed E-state index contributed by atoms with van der Waals surface area (Å²) in [5.41, 5.74) is 1.48. The second-order valence-corrected chi connectivity index (χ2v) is 6.16. The van der Waals surface area contributed by atoms with E-state index >= 15 is 0 Å². The SMILES string of the molecule is C=C(C)CC1CC(C(C)(C)C)CCC1=O. The molecule has 1 rings (SSSR count). The van der Waals surface area contributed by atoms with Crippen LogP contribution in [0.3, 0.4) is 0 Å². The van der Waals surface area contributed by atoms with Gasteiger partial charge in [-0.1, -0.05) is 26.3 Å². The van der Waals surface area contributed by atoms with Crippen LogP contribution in [-0.4, -0.2) is 5.78 Å². The van der Waals surface area contributed by atoms with Gasteiger partial charge in [-0.25, -0.2) is 0 Å². The summed E-state index contributed by atoms with van der Waals surface area (Å²) in [4.78, 5) is 11.8. The molecule has 1 fully saturated rings. The monoisotopic (exact) mass is 208 g/mol. The number of allylic oxidation sites excluding steroid dienone is 1. The standard InChI is InChI=1S/C14H24O/c1-10(2)8-11-9-12(14(3,4)5)6-7-13(11)15/h11-12H,1,6-9H2,2-5H3. The molecular formula is C14H24O. The highest BCUT2D eigenvalue weighted by molar-refractivity contribution is 5.82. The molecule has 0 saturated heterocycles. The molecule has 0 aromatic carbocycles. The van der Waals surface area contributed by atoms with Crippen LogP contribution in [0.25, 0.3) is 0 Å². The summed E-state index contributed by atoms with van der Waals surface area (Å²) < 4.78 is 0. The number of carbonyl (C=O) groups excluding carboxylic acids is 1. The highest BCUT2D eigenvalue weighted by Gasteiger charge is 2.34. The Bertz CT molecular complexity index is 257. The molecule has 86 valence electrons. The molecule has 0 spiro atoms. The molecule has 2 atom stereocenters. The van der Waals surface area contributed by atoms with Crippen molar-refractivity contribution in [1.82, 2.24) is 0 Å². The van der Waals surface area contributed by atoms with Gasteiger partial charge in [-0.15, -0.1) is 6.58 Å². The highest BCUT2D eigenvalue weighted by Crippen LogP contribution is 2.40. The Hall–Kier alpha value is -0.590. The van der Waals surface area contributed by atoms with Gasteiger partial charge in [-0.2, -0.15) is 0 Å². The summed E-state index contributed by atoms with van der Waals surface area (Å²) in [6.07, 6.45) is 3.81. The quantitative estimate of drug-likeness (QED) is 0.627. The van der Waals surface area contributed by atoms with Crippen molar-refractivity contribution in [2.45, 2.75) is 53.4 Å². The van der Waals surface area contributed by atoms with E-state index in [9.17, 15) is 4.79 Å². The van der Waals surface area contributed by atoms with Gasteiger partial charge in [0.1, 0.15) is 5.78 Å². The van der Waals surface area contributed by atoms with Crippen LogP contribution in [0.2, 0.25) is 0 Å². The van der Waals surface area contributed by atoms with Crippen molar-refractivity contribution in [3.63, 3.8) is 0 Å². The van der Waals surface area contributed by atoms with Crippen molar-refractivity contribution in [1.29, 1.82) is 0 Å². The van der Waals surface area contributed by atoms with Crippen LogP contribution in [0.5, 0.6) is 0 Å².